The van der Waals surface area contributed by atoms with Gasteiger partial charge in [0, 0.05) is 12.7 Å². The first-order chi connectivity index (χ1) is 8.58. The van der Waals surface area contributed by atoms with Crippen molar-refractivity contribution in [3.63, 3.8) is 0 Å². The standard InChI is InChI=1S/C11H14BrN3O3/c12-8-5-13-14(6-8)7-10(16)15-4-2-1-3-9(15)11(17)18/h5-6,9H,1-4,7H2,(H,17,18). The molecule has 1 aliphatic rings. The highest BCUT2D eigenvalue weighted by atomic mass is 79.9. The molecule has 1 atom stereocenters. The number of hydrogen-bond acceptors (Lipinski definition) is 3. The average Bonchev–Trinajstić information content (AvgIpc) is 2.74. The quantitative estimate of drug-likeness (QED) is 0.906. The molecule has 1 N–H and O–H groups in total. The number of aliphatic carboxylic acids is 1. The number of carboxylic acids is 1. The summed E-state index contributed by atoms with van der Waals surface area (Å²) in [4.78, 5) is 24.6. The first-order valence-corrected chi connectivity index (χ1v) is 6.57. The van der Waals surface area contributed by atoms with Crippen LogP contribution in [0.2, 0.25) is 0 Å². The van der Waals surface area contributed by atoms with E-state index in [4.69, 9.17) is 5.11 Å². The lowest BCUT2D eigenvalue weighted by atomic mass is 10.0. The number of halogens is 1. The maximum Gasteiger partial charge on any atom is 0.326 e. The van der Waals surface area contributed by atoms with Crippen LogP contribution in [0.4, 0.5) is 0 Å². The lowest BCUT2D eigenvalue weighted by molar-refractivity contribution is -0.152. The molecule has 1 saturated heterocycles. The van der Waals surface area contributed by atoms with Gasteiger partial charge in [-0.15, -0.1) is 0 Å². The van der Waals surface area contributed by atoms with Crippen LogP contribution in [0.3, 0.4) is 0 Å². The van der Waals surface area contributed by atoms with Crippen molar-refractivity contribution in [2.75, 3.05) is 6.54 Å². The highest BCUT2D eigenvalue weighted by Crippen LogP contribution is 2.18. The van der Waals surface area contributed by atoms with Crippen molar-refractivity contribution in [2.24, 2.45) is 0 Å². The normalized spacial score (nSPS) is 19.8. The Labute approximate surface area is 113 Å². The van der Waals surface area contributed by atoms with E-state index in [1.54, 1.807) is 12.4 Å². The number of nitrogens with zero attached hydrogens (tertiary/aromatic N) is 3. The lowest BCUT2D eigenvalue weighted by Gasteiger charge is -2.32. The van der Waals surface area contributed by atoms with E-state index < -0.39 is 12.0 Å². The molecule has 1 fully saturated rings. The van der Waals surface area contributed by atoms with E-state index in [1.165, 1.54) is 9.58 Å². The molecule has 0 bridgehead atoms. The molecule has 0 aromatic carbocycles. The van der Waals surface area contributed by atoms with Gasteiger partial charge in [-0.05, 0) is 35.2 Å². The van der Waals surface area contributed by atoms with Crippen molar-refractivity contribution in [3.8, 4) is 0 Å². The van der Waals surface area contributed by atoms with Crippen LogP contribution in [-0.2, 0) is 16.1 Å². The molecule has 7 heteroatoms. The van der Waals surface area contributed by atoms with Gasteiger partial charge in [0.25, 0.3) is 0 Å². The second kappa shape index (κ2) is 5.51. The molecule has 0 saturated carbocycles. The molecule has 1 amide bonds. The van der Waals surface area contributed by atoms with E-state index in [-0.39, 0.29) is 12.5 Å². The number of carboxylic acid groups (broad SMARTS) is 1. The minimum absolute atomic E-state index is 0.0787. The zero-order valence-corrected chi connectivity index (χ0v) is 11.3. The second-order valence-corrected chi connectivity index (χ2v) is 5.21. The monoisotopic (exact) mass is 315 g/mol. The zero-order chi connectivity index (χ0) is 13.1. The number of amides is 1. The zero-order valence-electron chi connectivity index (χ0n) is 9.75. The van der Waals surface area contributed by atoms with Gasteiger partial charge in [-0.25, -0.2) is 4.79 Å². The van der Waals surface area contributed by atoms with Gasteiger partial charge >= 0.3 is 5.97 Å². The van der Waals surface area contributed by atoms with E-state index in [0.29, 0.717) is 13.0 Å². The van der Waals surface area contributed by atoms with Crippen LogP contribution in [0.25, 0.3) is 0 Å². The van der Waals surface area contributed by atoms with Crippen molar-refractivity contribution in [2.45, 2.75) is 31.8 Å². The van der Waals surface area contributed by atoms with Crippen molar-refractivity contribution in [3.05, 3.63) is 16.9 Å². The highest BCUT2D eigenvalue weighted by Gasteiger charge is 2.31. The molecule has 6 nitrogen and oxygen atoms in total. The average molecular weight is 316 g/mol. The second-order valence-electron chi connectivity index (χ2n) is 4.29. The Kier molecular flexibility index (Phi) is 4.00. The van der Waals surface area contributed by atoms with E-state index >= 15 is 0 Å². The largest absolute Gasteiger partial charge is 0.480 e. The summed E-state index contributed by atoms with van der Waals surface area (Å²) in [6.45, 7) is 0.591. The van der Waals surface area contributed by atoms with Crippen molar-refractivity contribution < 1.29 is 14.7 Å². The van der Waals surface area contributed by atoms with Crippen molar-refractivity contribution in [1.29, 1.82) is 0 Å². The highest BCUT2D eigenvalue weighted by molar-refractivity contribution is 9.10. The van der Waals surface area contributed by atoms with Crippen LogP contribution in [0, 0.1) is 0 Å². The molecule has 1 aromatic heterocycles. The Bertz CT molecular complexity index is 460. The Balaban J connectivity index is 2.04. The Morgan fingerprint density at radius 3 is 2.89 bits per heavy atom. The van der Waals surface area contributed by atoms with Gasteiger partial charge in [0.05, 0.1) is 10.7 Å². The number of piperidine rings is 1. The smallest absolute Gasteiger partial charge is 0.326 e. The molecular weight excluding hydrogens is 302 g/mol. The van der Waals surface area contributed by atoms with Gasteiger partial charge in [-0.3, -0.25) is 9.48 Å². The van der Waals surface area contributed by atoms with E-state index in [9.17, 15) is 9.59 Å². The first-order valence-electron chi connectivity index (χ1n) is 5.78. The molecule has 1 unspecified atom stereocenters. The third-order valence-corrected chi connectivity index (χ3v) is 3.42. The van der Waals surface area contributed by atoms with Gasteiger partial charge in [0.1, 0.15) is 12.6 Å². The van der Waals surface area contributed by atoms with Gasteiger partial charge in [0.15, 0.2) is 0 Å². The van der Waals surface area contributed by atoms with Gasteiger partial charge in [-0.1, -0.05) is 0 Å². The molecule has 2 rings (SSSR count). The summed E-state index contributed by atoms with van der Waals surface area (Å²) in [5.41, 5.74) is 0. The first kappa shape index (κ1) is 13.1. The summed E-state index contributed by atoms with van der Waals surface area (Å²) in [7, 11) is 0. The Morgan fingerprint density at radius 2 is 2.28 bits per heavy atom. The van der Waals surface area contributed by atoms with E-state index in [2.05, 4.69) is 21.0 Å². The summed E-state index contributed by atoms with van der Waals surface area (Å²) in [5, 5.41) is 13.1. The lowest BCUT2D eigenvalue weighted by Crippen LogP contribution is -2.49. The summed E-state index contributed by atoms with van der Waals surface area (Å²) in [6, 6.07) is -0.690. The maximum absolute atomic E-state index is 12.1. The fraction of sp³-hybridized carbons (Fsp3) is 0.545. The third-order valence-electron chi connectivity index (χ3n) is 3.01. The van der Waals surface area contributed by atoms with Crippen LogP contribution in [-0.4, -0.2) is 44.3 Å². The van der Waals surface area contributed by atoms with Crippen molar-refractivity contribution in [1.82, 2.24) is 14.7 Å². The number of aromatic nitrogens is 2. The number of carbonyl (C=O) groups excluding carboxylic acids is 1. The Morgan fingerprint density at radius 1 is 1.50 bits per heavy atom. The van der Waals surface area contributed by atoms with Crippen LogP contribution in [0.15, 0.2) is 16.9 Å². The summed E-state index contributed by atoms with van der Waals surface area (Å²) in [5.74, 6) is -1.12. The molecule has 18 heavy (non-hydrogen) atoms. The predicted octanol–water partition coefficient (Wildman–Crippen LogP) is 1.11. The molecule has 2 heterocycles. The van der Waals surface area contributed by atoms with E-state index in [0.717, 1.165) is 17.3 Å². The van der Waals surface area contributed by atoms with Crippen molar-refractivity contribution >= 4 is 27.8 Å². The minimum atomic E-state index is -0.926. The number of carbonyl (C=O) groups is 2. The molecular formula is C11H14BrN3O3. The van der Waals surface area contributed by atoms with Crippen LogP contribution in [0.5, 0.6) is 0 Å². The molecule has 1 aliphatic heterocycles. The molecule has 0 aliphatic carbocycles. The SMILES string of the molecule is O=C(O)C1CCCCN1C(=O)Cn1cc(Br)cn1. The van der Waals surface area contributed by atoms with Crippen LogP contribution >= 0.6 is 15.9 Å². The third kappa shape index (κ3) is 2.90. The maximum atomic E-state index is 12.1. The molecule has 0 radical (unpaired) electrons. The number of rotatable bonds is 3. The van der Waals surface area contributed by atoms with Gasteiger partial charge in [-0.2, -0.15) is 5.10 Å². The Hall–Kier alpha value is -1.37. The number of hydrogen-bond donors (Lipinski definition) is 1. The summed E-state index contributed by atoms with van der Waals surface area (Å²) >= 11 is 3.25. The van der Waals surface area contributed by atoms with Crippen LogP contribution in [0.1, 0.15) is 19.3 Å². The van der Waals surface area contributed by atoms with Gasteiger partial charge < -0.3 is 10.0 Å². The van der Waals surface area contributed by atoms with Gasteiger partial charge in [0.2, 0.25) is 5.91 Å². The predicted molar refractivity (Wildman–Crippen MR) is 66.9 cm³/mol. The van der Waals surface area contributed by atoms with E-state index in [1.807, 2.05) is 0 Å². The number of likely N-dealkylation sites (tertiary alicyclic amines) is 1. The summed E-state index contributed by atoms with van der Waals surface area (Å²) < 4.78 is 2.30. The topological polar surface area (TPSA) is 75.4 Å². The minimum Gasteiger partial charge on any atom is -0.480 e. The fourth-order valence-corrected chi connectivity index (χ4v) is 2.47. The fourth-order valence-electron chi connectivity index (χ4n) is 2.14. The molecule has 98 valence electrons. The molecule has 1 aromatic rings. The van der Waals surface area contributed by atoms with Crippen LogP contribution < -0.4 is 0 Å². The molecule has 0 spiro atoms. The summed E-state index contributed by atoms with van der Waals surface area (Å²) in [6.07, 6.45) is 5.53.